The van der Waals surface area contributed by atoms with Gasteiger partial charge in [0.25, 0.3) is 10.0 Å². The summed E-state index contributed by atoms with van der Waals surface area (Å²) < 4.78 is 27.9. The van der Waals surface area contributed by atoms with Crippen LogP contribution in [0.15, 0.2) is 83.8 Å². The lowest BCUT2D eigenvalue weighted by Gasteiger charge is -2.35. The lowest BCUT2D eigenvalue weighted by atomic mass is 10.2. The van der Waals surface area contributed by atoms with Gasteiger partial charge in [-0.1, -0.05) is 42.5 Å². The number of rotatable bonds is 6. The van der Waals surface area contributed by atoms with E-state index in [1.165, 1.54) is 0 Å². The van der Waals surface area contributed by atoms with E-state index in [0.717, 1.165) is 29.8 Å². The number of nitrogens with one attached hydrogen (secondary N) is 1. The van der Waals surface area contributed by atoms with Crippen molar-refractivity contribution in [3.05, 3.63) is 90.0 Å². The van der Waals surface area contributed by atoms with Crippen LogP contribution < -0.4 is 9.62 Å². The molecule has 3 aromatic rings. The van der Waals surface area contributed by atoms with Crippen LogP contribution in [0, 0.1) is 6.92 Å². The summed E-state index contributed by atoms with van der Waals surface area (Å²) in [5.74, 6) is 0. The fourth-order valence-electron chi connectivity index (χ4n) is 3.68. The van der Waals surface area contributed by atoms with Crippen LogP contribution in [0.1, 0.15) is 17.5 Å². The highest BCUT2D eigenvalue weighted by molar-refractivity contribution is 7.92. The summed E-state index contributed by atoms with van der Waals surface area (Å²) >= 11 is 0. The molecule has 6 nitrogen and oxygen atoms in total. The Hall–Kier alpha value is -3.32. The Bertz CT molecular complexity index is 1160. The zero-order valence-corrected chi connectivity index (χ0v) is 18.2. The number of anilines is 2. The van der Waals surface area contributed by atoms with E-state index in [9.17, 15) is 13.2 Å². The molecule has 1 heterocycles. The number of carbonyl (C=O) groups is 1. The van der Waals surface area contributed by atoms with E-state index < -0.39 is 10.0 Å². The summed E-state index contributed by atoms with van der Waals surface area (Å²) in [6, 6.07) is 23.6. The van der Waals surface area contributed by atoms with Crippen LogP contribution in [-0.4, -0.2) is 32.4 Å². The number of hydrogen-bond donors (Lipinski definition) is 1. The van der Waals surface area contributed by atoms with Gasteiger partial charge in [-0.2, -0.15) is 0 Å². The number of aryl methyl sites for hydroxylation is 1. The first-order valence-electron chi connectivity index (χ1n) is 10.2. The van der Waals surface area contributed by atoms with Crippen LogP contribution in [0.25, 0.3) is 0 Å². The Morgan fingerprint density at radius 2 is 1.65 bits per heavy atom. The van der Waals surface area contributed by atoms with Crippen molar-refractivity contribution in [2.24, 2.45) is 0 Å². The molecule has 3 aromatic carbocycles. The van der Waals surface area contributed by atoms with Gasteiger partial charge in [-0.15, -0.1) is 0 Å². The number of nitrogens with zero attached hydrogens (tertiary/aromatic N) is 2. The largest absolute Gasteiger partial charge is 0.324 e. The van der Waals surface area contributed by atoms with Crippen LogP contribution >= 0.6 is 0 Å². The Labute approximate surface area is 183 Å². The molecule has 0 unspecified atom stereocenters. The van der Waals surface area contributed by atoms with E-state index in [-0.39, 0.29) is 10.9 Å². The predicted molar refractivity (Wildman–Crippen MR) is 123 cm³/mol. The molecule has 1 saturated heterocycles. The summed E-state index contributed by atoms with van der Waals surface area (Å²) in [7, 11) is -3.67. The van der Waals surface area contributed by atoms with Gasteiger partial charge in [-0.05, 0) is 60.9 Å². The number of carbonyl (C=O) groups excluding carboxylic acids is 1. The second-order valence-electron chi connectivity index (χ2n) is 7.66. The molecule has 1 aliphatic heterocycles. The van der Waals surface area contributed by atoms with Crippen molar-refractivity contribution in [2.45, 2.75) is 24.8 Å². The van der Waals surface area contributed by atoms with E-state index in [1.54, 1.807) is 47.4 Å². The maximum Gasteiger partial charge on any atom is 0.324 e. The fraction of sp³-hybridized carbons (Fsp3) is 0.208. The minimum atomic E-state index is -3.67. The summed E-state index contributed by atoms with van der Waals surface area (Å²) in [4.78, 5) is 16.8. The smallest absolute Gasteiger partial charge is 0.320 e. The molecule has 2 amide bonds. The third-order valence-electron chi connectivity index (χ3n) is 5.26. The van der Waals surface area contributed by atoms with E-state index in [0.29, 0.717) is 18.8 Å². The minimum Gasteiger partial charge on any atom is -0.320 e. The van der Waals surface area contributed by atoms with Crippen LogP contribution in [0.4, 0.5) is 16.2 Å². The van der Waals surface area contributed by atoms with Crippen LogP contribution in [0.5, 0.6) is 0 Å². The van der Waals surface area contributed by atoms with Crippen LogP contribution in [-0.2, 0) is 16.6 Å². The summed E-state index contributed by atoms with van der Waals surface area (Å²) in [5.41, 5.74) is 3.18. The number of amides is 2. The average Bonchev–Trinajstić information content (AvgIpc) is 2.76. The third-order valence-corrected chi connectivity index (χ3v) is 6.64. The molecular weight excluding hydrogens is 410 g/mol. The van der Waals surface area contributed by atoms with Gasteiger partial charge in [0.05, 0.1) is 4.90 Å². The number of sulfonamides is 1. The Kier molecular flexibility index (Phi) is 5.95. The van der Waals surface area contributed by atoms with Gasteiger partial charge in [-0.3, -0.25) is 9.62 Å². The second-order valence-corrected chi connectivity index (χ2v) is 9.35. The molecular formula is C24H25N3O3S. The number of urea groups is 1. The highest BCUT2D eigenvalue weighted by atomic mass is 32.2. The van der Waals surface area contributed by atoms with Gasteiger partial charge in [0.15, 0.2) is 0 Å². The van der Waals surface area contributed by atoms with E-state index in [1.807, 2.05) is 48.2 Å². The van der Waals surface area contributed by atoms with Gasteiger partial charge in [0.1, 0.15) is 0 Å². The molecule has 0 aromatic heterocycles. The molecule has 0 spiro atoms. The summed E-state index contributed by atoms with van der Waals surface area (Å²) in [5, 5.41) is 0. The minimum absolute atomic E-state index is 0.0387. The van der Waals surface area contributed by atoms with Crippen molar-refractivity contribution >= 4 is 27.4 Å². The second kappa shape index (κ2) is 8.81. The van der Waals surface area contributed by atoms with Crippen molar-refractivity contribution in [3.63, 3.8) is 0 Å². The van der Waals surface area contributed by atoms with E-state index >= 15 is 0 Å². The molecule has 1 N–H and O–H groups in total. The lowest BCUT2D eigenvalue weighted by Crippen LogP contribution is -2.49. The number of benzene rings is 3. The molecule has 0 saturated carbocycles. The molecule has 7 heteroatoms. The van der Waals surface area contributed by atoms with Crippen molar-refractivity contribution in [3.8, 4) is 0 Å². The maximum absolute atomic E-state index is 13.0. The molecule has 0 bridgehead atoms. The van der Waals surface area contributed by atoms with Crippen LogP contribution in [0.3, 0.4) is 0 Å². The topological polar surface area (TPSA) is 69.7 Å². The van der Waals surface area contributed by atoms with Gasteiger partial charge in [-0.25, -0.2) is 13.2 Å². The number of hydrogen-bond acceptors (Lipinski definition) is 3. The normalized spacial score (nSPS) is 14.5. The Balaban J connectivity index is 1.46. The van der Waals surface area contributed by atoms with Gasteiger partial charge < -0.3 is 4.90 Å². The fourth-order valence-corrected chi connectivity index (χ4v) is 4.84. The quantitative estimate of drug-likeness (QED) is 0.614. The van der Waals surface area contributed by atoms with Crippen LogP contribution in [0.2, 0.25) is 0 Å². The summed E-state index contributed by atoms with van der Waals surface area (Å²) in [6.45, 7) is 3.78. The predicted octanol–water partition coefficient (Wildman–Crippen LogP) is 4.63. The first-order chi connectivity index (χ1) is 14.9. The Morgan fingerprint density at radius 1 is 0.903 bits per heavy atom. The molecule has 1 aliphatic rings. The molecule has 0 atom stereocenters. The van der Waals surface area contributed by atoms with Crippen molar-refractivity contribution in [1.29, 1.82) is 0 Å². The van der Waals surface area contributed by atoms with Crippen molar-refractivity contribution in [2.75, 3.05) is 22.7 Å². The lowest BCUT2D eigenvalue weighted by molar-refractivity contribution is 0.192. The van der Waals surface area contributed by atoms with E-state index in [4.69, 9.17) is 0 Å². The third kappa shape index (κ3) is 4.88. The molecule has 160 valence electrons. The molecule has 0 aliphatic carbocycles. The molecule has 0 radical (unpaired) electrons. The zero-order chi connectivity index (χ0) is 21.8. The monoisotopic (exact) mass is 435 g/mol. The first-order valence-corrected chi connectivity index (χ1v) is 11.7. The van der Waals surface area contributed by atoms with E-state index in [2.05, 4.69) is 4.72 Å². The van der Waals surface area contributed by atoms with Gasteiger partial charge >= 0.3 is 6.03 Å². The van der Waals surface area contributed by atoms with Crippen molar-refractivity contribution < 1.29 is 13.2 Å². The zero-order valence-electron chi connectivity index (χ0n) is 17.4. The first kappa shape index (κ1) is 20.9. The molecule has 1 fully saturated rings. The summed E-state index contributed by atoms with van der Waals surface area (Å²) in [6.07, 6.45) is 0.875. The molecule has 31 heavy (non-hydrogen) atoms. The standard InChI is InChI=1S/C24H25N3O3S/c1-19-7-5-10-23(17-19)31(29,30)25-21-11-13-22(14-12-21)27-16-6-15-26(24(27)28)18-20-8-3-2-4-9-20/h2-5,7-14,17,25H,6,15-16,18H2,1H3. The van der Waals surface area contributed by atoms with Gasteiger partial charge in [0, 0.05) is 31.0 Å². The average molecular weight is 436 g/mol. The maximum atomic E-state index is 13.0. The van der Waals surface area contributed by atoms with Gasteiger partial charge in [0.2, 0.25) is 0 Å². The Morgan fingerprint density at radius 3 is 2.35 bits per heavy atom. The van der Waals surface area contributed by atoms with Crippen molar-refractivity contribution in [1.82, 2.24) is 4.90 Å². The molecule has 4 rings (SSSR count). The SMILES string of the molecule is Cc1cccc(S(=O)(=O)Nc2ccc(N3CCCN(Cc4ccccc4)C3=O)cc2)c1. The highest BCUT2D eigenvalue weighted by Gasteiger charge is 2.26. The highest BCUT2D eigenvalue weighted by Crippen LogP contribution is 2.24.